The van der Waals surface area contributed by atoms with E-state index in [1.54, 1.807) is 12.1 Å². The average Bonchev–Trinajstić information content (AvgIpc) is 3.62. The Kier molecular flexibility index (Phi) is 5.23. The molecule has 5 nitrogen and oxygen atoms in total. The summed E-state index contributed by atoms with van der Waals surface area (Å²) >= 11 is 9.77. The maximum atomic E-state index is 13.7. The number of carbonyl (C=O) groups is 3. The molecule has 4 aliphatic carbocycles. The Balaban J connectivity index is 1.34. The number of hydrogen-bond acceptors (Lipinski definition) is 3. The van der Waals surface area contributed by atoms with Gasteiger partial charge in [0, 0.05) is 16.6 Å². The smallest absolute Gasteiger partial charge is 0.248 e. The van der Waals surface area contributed by atoms with Gasteiger partial charge in [-0.3, -0.25) is 19.3 Å². The predicted octanol–water partition coefficient (Wildman–Crippen LogP) is 5.01. The normalized spacial score (nSPS) is 31.3. The summed E-state index contributed by atoms with van der Waals surface area (Å²) < 4.78 is 0.737. The molecule has 0 spiro atoms. The molecular formula is C27H24BrClN2O3. The van der Waals surface area contributed by atoms with Crippen LogP contribution >= 0.6 is 27.5 Å². The summed E-state index contributed by atoms with van der Waals surface area (Å²) in [5, 5.41) is 3.46. The van der Waals surface area contributed by atoms with Crippen LogP contribution in [0.3, 0.4) is 0 Å². The minimum atomic E-state index is -0.925. The summed E-state index contributed by atoms with van der Waals surface area (Å²) in [6, 6.07) is 12.2. The van der Waals surface area contributed by atoms with Crippen LogP contribution in [0.5, 0.6) is 0 Å². The fraction of sp³-hybridized carbons (Fsp3) is 0.370. The lowest BCUT2D eigenvalue weighted by Crippen LogP contribution is -2.49. The van der Waals surface area contributed by atoms with Crippen LogP contribution in [0, 0.1) is 42.4 Å². The molecule has 1 N–H and O–H groups in total. The zero-order chi connectivity index (χ0) is 23.7. The van der Waals surface area contributed by atoms with Crippen LogP contribution in [0.15, 0.2) is 59.1 Å². The Morgan fingerprint density at radius 1 is 1.06 bits per heavy atom. The van der Waals surface area contributed by atoms with Crippen molar-refractivity contribution in [2.75, 3.05) is 5.32 Å². The van der Waals surface area contributed by atoms with Gasteiger partial charge in [-0.05, 0) is 76.2 Å². The van der Waals surface area contributed by atoms with Crippen molar-refractivity contribution in [3.05, 3.63) is 75.2 Å². The largest absolute Gasteiger partial charge is 0.324 e. The predicted molar refractivity (Wildman–Crippen MR) is 133 cm³/mol. The quantitative estimate of drug-likeness (QED) is 0.429. The van der Waals surface area contributed by atoms with E-state index < -0.39 is 6.04 Å². The second-order valence-electron chi connectivity index (χ2n) is 9.93. The highest BCUT2D eigenvalue weighted by Gasteiger charge is 2.67. The maximum absolute atomic E-state index is 13.7. The van der Waals surface area contributed by atoms with E-state index in [-0.39, 0.29) is 47.8 Å². The standard InChI is InChI=1S/C27H24BrClN2O3/c1-13-20(10-9-19(28)24(13)29)30-25(32)21(11-14-5-3-2-4-6-14)31-26(33)22-15-7-8-16(18-12-17(15)18)23(22)27(31)34/h2-10,15-18,21-23H,11-12H2,1H3,(H,30,32)/t15-,16+,17-,18+,21-,22+,23-/m0/s1. The van der Waals surface area contributed by atoms with Crippen LogP contribution in [0.1, 0.15) is 17.5 Å². The molecular weight excluding hydrogens is 516 g/mol. The van der Waals surface area contributed by atoms with E-state index in [0.717, 1.165) is 22.0 Å². The van der Waals surface area contributed by atoms with Crippen molar-refractivity contribution in [1.82, 2.24) is 4.90 Å². The molecule has 1 aliphatic heterocycles. The van der Waals surface area contributed by atoms with Gasteiger partial charge in [-0.2, -0.15) is 0 Å². The fourth-order valence-corrected chi connectivity index (χ4v) is 7.02. The van der Waals surface area contributed by atoms with Gasteiger partial charge in [0.15, 0.2) is 0 Å². The van der Waals surface area contributed by atoms with Crippen LogP contribution in [0.2, 0.25) is 5.02 Å². The molecule has 7 rings (SSSR count). The van der Waals surface area contributed by atoms with E-state index >= 15 is 0 Å². The second kappa shape index (κ2) is 8.06. The number of likely N-dealkylation sites (tertiary alicyclic amines) is 1. The minimum absolute atomic E-state index is 0.120. The number of nitrogens with one attached hydrogen (secondary N) is 1. The molecule has 2 bridgehead atoms. The van der Waals surface area contributed by atoms with Crippen LogP contribution in [0.25, 0.3) is 0 Å². The van der Waals surface area contributed by atoms with Gasteiger partial charge in [-0.15, -0.1) is 0 Å². The van der Waals surface area contributed by atoms with Gasteiger partial charge < -0.3 is 5.32 Å². The Labute approximate surface area is 211 Å². The summed E-state index contributed by atoms with van der Waals surface area (Å²) in [5.41, 5.74) is 2.18. The Morgan fingerprint density at radius 2 is 1.68 bits per heavy atom. The van der Waals surface area contributed by atoms with Gasteiger partial charge >= 0.3 is 0 Å². The third kappa shape index (κ3) is 3.29. The van der Waals surface area contributed by atoms with Crippen LogP contribution in [-0.2, 0) is 20.8 Å². The van der Waals surface area contributed by atoms with Crippen LogP contribution in [-0.4, -0.2) is 28.7 Å². The van der Waals surface area contributed by atoms with Gasteiger partial charge in [-0.25, -0.2) is 0 Å². The summed E-state index contributed by atoms with van der Waals surface area (Å²) in [6.07, 6.45) is 5.66. The van der Waals surface area contributed by atoms with Crippen LogP contribution < -0.4 is 5.32 Å². The van der Waals surface area contributed by atoms with E-state index in [0.29, 0.717) is 22.5 Å². The number of hydrogen-bond donors (Lipinski definition) is 1. The molecule has 5 aliphatic rings. The van der Waals surface area contributed by atoms with Gasteiger partial charge in [0.05, 0.1) is 16.9 Å². The molecule has 34 heavy (non-hydrogen) atoms. The number of nitrogens with zero attached hydrogens (tertiary/aromatic N) is 1. The molecule has 7 heteroatoms. The van der Waals surface area contributed by atoms with Crippen molar-refractivity contribution in [2.45, 2.75) is 25.8 Å². The maximum Gasteiger partial charge on any atom is 0.248 e. The van der Waals surface area contributed by atoms with Gasteiger partial charge in [0.1, 0.15) is 6.04 Å². The number of rotatable bonds is 5. The Bertz CT molecular complexity index is 1210. The molecule has 1 saturated heterocycles. The van der Waals surface area contributed by atoms with E-state index in [2.05, 4.69) is 33.4 Å². The third-order valence-electron chi connectivity index (χ3n) is 8.18. The van der Waals surface area contributed by atoms with Gasteiger partial charge in [-0.1, -0.05) is 54.1 Å². The number of anilines is 1. The number of carbonyl (C=O) groups excluding carboxylic acids is 3. The number of imide groups is 1. The number of halogens is 2. The highest BCUT2D eigenvalue weighted by molar-refractivity contribution is 9.10. The molecule has 2 saturated carbocycles. The average molecular weight is 540 g/mol. The molecule has 2 aromatic carbocycles. The summed E-state index contributed by atoms with van der Waals surface area (Å²) in [5.74, 6) is -0.158. The zero-order valence-corrected chi connectivity index (χ0v) is 20.9. The third-order valence-corrected chi connectivity index (χ3v) is 9.56. The fourth-order valence-electron chi connectivity index (χ4n) is 6.43. The molecule has 0 radical (unpaired) electrons. The molecule has 3 amide bonds. The number of allylic oxidation sites excluding steroid dienone is 2. The highest BCUT2D eigenvalue weighted by atomic mass is 79.9. The highest BCUT2D eigenvalue weighted by Crippen LogP contribution is 2.65. The van der Waals surface area contributed by atoms with Crippen molar-refractivity contribution >= 4 is 50.9 Å². The molecule has 2 aromatic rings. The lowest BCUT2D eigenvalue weighted by molar-refractivity contribution is -0.146. The first-order valence-corrected chi connectivity index (χ1v) is 12.9. The molecule has 0 unspecified atom stereocenters. The van der Waals surface area contributed by atoms with Crippen molar-refractivity contribution in [3.8, 4) is 0 Å². The molecule has 7 atom stereocenters. The Morgan fingerprint density at radius 3 is 2.29 bits per heavy atom. The van der Waals surface area contributed by atoms with E-state index in [4.69, 9.17) is 11.6 Å². The number of amides is 3. The molecule has 3 fully saturated rings. The second-order valence-corrected chi connectivity index (χ2v) is 11.2. The SMILES string of the molecule is Cc1c(NC(=O)[C@H](Cc2ccccc2)N2C(=O)[C@@H]3[C@H]4C=C[C@H]([C@H]5C[C@@H]45)[C@@H]3C2=O)ccc(Br)c1Cl. The van der Waals surface area contributed by atoms with Crippen molar-refractivity contribution < 1.29 is 14.4 Å². The van der Waals surface area contributed by atoms with Crippen molar-refractivity contribution in [2.24, 2.45) is 35.5 Å². The van der Waals surface area contributed by atoms with Gasteiger partial charge in [0.25, 0.3) is 0 Å². The molecule has 0 aromatic heterocycles. The number of benzene rings is 2. The van der Waals surface area contributed by atoms with Crippen molar-refractivity contribution in [3.63, 3.8) is 0 Å². The first kappa shape index (κ1) is 22.1. The van der Waals surface area contributed by atoms with Gasteiger partial charge in [0.2, 0.25) is 17.7 Å². The van der Waals surface area contributed by atoms with E-state index in [1.807, 2.05) is 37.3 Å². The first-order chi connectivity index (χ1) is 16.4. The lowest BCUT2D eigenvalue weighted by atomic mass is 9.63. The molecule has 1 heterocycles. The van der Waals surface area contributed by atoms with E-state index in [1.165, 1.54) is 4.90 Å². The monoisotopic (exact) mass is 538 g/mol. The first-order valence-electron chi connectivity index (χ1n) is 11.7. The van der Waals surface area contributed by atoms with Crippen molar-refractivity contribution in [1.29, 1.82) is 0 Å². The topological polar surface area (TPSA) is 66.5 Å². The van der Waals surface area contributed by atoms with Crippen LogP contribution in [0.4, 0.5) is 5.69 Å². The minimum Gasteiger partial charge on any atom is -0.324 e. The lowest BCUT2D eigenvalue weighted by Gasteiger charge is -2.37. The summed E-state index contributed by atoms with van der Waals surface area (Å²) in [7, 11) is 0. The van der Waals surface area contributed by atoms with E-state index in [9.17, 15) is 14.4 Å². The molecule has 174 valence electrons. The Hall–Kier alpha value is -2.44. The summed E-state index contributed by atoms with van der Waals surface area (Å²) in [4.78, 5) is 42.4. The zero-order valence-electron chi connectivity index (χ0n) is 18.6. The summed E-state index contributed by atoms with van der Waals surface area (Å²) in [6.45, 7) is 1.82.